The number of nitrogens with zero attached hydrogens (tertiary/aromatic N) is 2. The predicted molar refractivity (Wildman–Crippen MR) is 114 cm³/mol. The number of benzene rings is 1. The molecule has 0 aliphatic heterocycles. The fourth-order valence-electron chi connectivity index (χ4n) is 2.46. The number of para-hydroxylation sites is 1. The summed E-state index contributed by atoms with van der Waals surface area (Å²) < 4.78 is 0. The maximum absolute atomic E-state index is 4.63. The molecule has 1 aromatic heterocycles. The van der Waals surface area contributed by atoms with Crippen LogP contribution in [0.5, 0.6) is 0 Å². The summed E-state index contributed by atoms with van der Waals surface area (Å²) in [6, 6.07) is 10.4. The molecule has 0 atom stereocenters. The highest BCUT2D eigenvalue weighted by Crippen LogP contribution is 2.15. The van der Waals surface area contributed by atoms with Crippen molar-refractivity contribution >= 4 is 40.8 Å². The van der Waals surface area contributed by atoms with Crippen LogP contribution >= 0.6 is 24.0 Å². The number of aromatic nitrogens is 1. The molecule has 2 N–H and O–H groups in total. The maximum atomic E-state index is 4.63. The zero-order valence-corrected chi connectivity index (χ0v) is 17.2. The Morgan fingerprint density at radius 2 is 1.96 bits per heavy atom. The summed E-state index contributed by atoms with van der Waals surface area (Å²) in [7, 11) is 0. The van der Waals surface area contributed by atoms with E-state index in [4.69, 9.17) is 0 Å². The SMILES string of the molecule is CCNC(=NCCC(C)C)NCCc1cccc2cccnc12.I. The van der Waals surface area contributed by atoms with Crippen LogP contribution in [0.25, 0.3) is 10.9 Å². The number of rotatable bonds is 7. The first-order chi connectivity index (χ1) is 11.2. The molecular weight excluding hydrogens is 411 g/mol. The second-order valence-electron chi connectivity index (χ2n) is 6.11. The standard InChI is InChI=1S/C19H28N4.HI/c1-4-20-19(22-13-10-15(2)3)23-14-11-17-8-5-7-16-9-6-12-21-18(16)17;/h5-9,12,15H,4,10-11,13-14H2,1-3H3,(H2,20,22,23);1H. The molecule has 0 spiro atoms. The summed E-state index contributed by atoms with van der Waals surface area (Å²) in [6.07, 6.45) is 3.91. The van der Waals surface area contributed by atoms with Crippen molar-refractivity contribution in [3.63, 3.8) is 0 Å². The van der Waals surface area contributed by atoms with Crippen LogP contribution in [0.4, 0.5) is 0 Å². The molecule has 0 aliphatic rings. The van der Waals surface area contributed by atoms with Crippen molar-refractivity contribution in [2.45, 2.75) is 33.6 Å². The number of pyridine rings is 1. The van der Waals surface area contributed by atoms with E-state index in [0.29, 0.717) is 5.92 Å². The molecule has 0 saturated carbocycles. The molecule has 0 unspecified atom stereocenters. The first kappa shape index (κ1) is 20.7. The number of aliphatic imine (C=N–C) groups is 1. The Labute approximate surface area is 162 Å². The summed E-state index contributed by atoms with van der Waals surface area (Å²) in [4.78, 5) is 9.14. The Morgan fingerprint density at radius 1 is 1.17 bits per heavy atom. The lowest BCUT2D eigenvalue weighted by Crippen LogP contribution is -2.38. The quantitative estimate of drug-likeness (QED) is 0.389. The second kappa shape index (κ2) is 11.2. The number of guanidine groups is 1. The molecule has 1 heterocycles. The molecule has 2 aromatic rings. The van der Waals surface area contributed by atoms with Gasteiger partial charge in [-0.1, -0.05) is 38.1 Å². The first-order valence-electron chi connectivity index (χ1n) is 8.55. The fraction of sp³-hybridized carbons (Fsp3) is 0.474. The minimum absolute atomic E-state index is 0. The lowest BCUT2D eigenvalue weighted by atomic mass is 10.1. The van der Waals surface area contributed by atoms with Gasteiger partial charge in [0.25, 0.3) is 0 Å². The summed E-state index contributed by atoms with van der Waals surface area (Å²) in [5.74, 6) is 1.59. The van der Waals surface area contributed by atoms with Gasteiger partial charge in [-0.3, -0.25) is 9.98 Å². The highest BCUT2D eigenvalue weighted by Gasteiger charge is 2.03. The van der Waals surface area contributed by atoms with Crippen LogP contribution in [0.3, 0.4) is 0 Å². The minimum Gasteiger partial charge on any atom is -0.357 e. The third-order valence-electron chi connectivity index (χ3n) is 3.72. The molecular formula is C19H29IN4. The van der Waals surface area contributed by atoms with Gasteiger partial charge in [-0.15, -0.1) is 24.0 Å². The number of halogens is 1. The molecule has 0 bridgehead atoms. The van der Waals surface area contributed by atoms with E-state index in [1.807, 2.05) is 12.3 Å². The third kappa shape index (κ3) is 6.63. The van der Waals surface area contributed by atoms with Gasteiger partial charge in [-0.05, 0) is 37.3 Å². The van der Waals surface area contributed by atoms with Gasteiger partial charge in [0.05, 0.1) is 5.52 Å². The molecule has 0 fully saturated rings. The topological polar surface area (TPSA) is 49.3 Å². The van der Waals surface area contributed by atoms with Gasteiger partial charge in [0, 0.05) is 31.2 Å². The minimum atomic E-state index is 0. The number of hydrogen-bond acceptors (Lipinski definition) is 2. The highest BCUT2D eigenvalue weighted by molar-refractivity contribution is 14.0. The van der Waals surface area contributed by atoms with E-state index in [-0.39, 0.29) is 24.0 Å². The average molecular weight is 440 g/mol. The molecule has 132 valence electrons. The van der Waals surface area contributed by atoms with Gasteiger partial charge in [-0.25, -0.2) is 0 Å². The molecule has 4 nitrogen and oxygen atoms in total. The van der Waals surface area contributed by atoms with Crippen LogP contribution in [0.15, 0.2) is 41.5 Å². The Bertz CT molecular complexity index is 635. The van der Waals surface area contributed by atoms with Gasteiger partial charge >= 0.3 is 0 Å². The van der Waals surface area contributed by atoms with E-state index < -0.39 is 0 Å². The van der Waals surface area contributed by atoms with Crippen molar-refractivity contribution in [3.8, 4) is 0 Å². The second-order valence-corrected chi connectivity index (χ2v) is 6.11. The summed E-state index contributed by atoms with van der Waals surface area (Å²) in [5.41, 5.74) is 2.37. The van der Waals surface area contributed by atoms with E-state index in [1.165, 1.54) is 10.9 Å². The van der Waals surface area contributed by atoms with Crippen LogP contribution in [0, 0.1) is 5.92 Å². The van der Waals surface area contributed by atoms with Crippen molar-refractivity contribution in [3.05, 3.63) is 42.1 Å². The van der Waals surface area contributed by atoms with Crippen molar-refractivity contribution in [1.29, 1.82) is 0 Å². The van der Waals surface area contributed by atoms with Crippen LogP contribution in [-0.2, 0) is 6.42 Å². The molecule has 0 aliphatic carbocycles. The lowest BCUT2D eigenvalue weighted by molar-refractivity contribution is 0.594. The molecule has 1 aromatic carbocycles. The Balaban J connectivity index is 0.00000288. The molecule has 0 saturated heterocycles. The van der Waals surface area contributed by atoms with Gasteiger partial charge in [0.15, 0.2) is 5.96 Å². The van der Waals surface area contributed by atoms with Crippen LogP contribution in [-0.4, -0.2) is 30.6 Å². The Kier molecular flexibility index (Phi) is 9.67. The van der Waals surface area contributed by atoms with E-state index in [1.54, 1.807) is 0 Å². The average Bonchev–Trinajstić information content (AvgIpc) is 2.55. The Morgan fingerprint density at radius 3 is 2.71 bits per heavy atom. The number of fused-ring (bicyclic) bond motifs is 1. The van der Waals surface area contributed by atoms with Crippen molar-refractivity contribution < 1.29 is 0 Å². The van der Waals surface area contributed by atoms with Crippen molar-refractivity contribution in [2.75, 3.05) is 19.6 Å². The zero-order valence-electron chi connectivity index (χ0n) is 14.9. The highest BCUT2D eigenvalue weighted by atomic mass is 127. The zero-order chi connectivity index (χ0) is 16.5. The molecule has 24 heavy (non-hydrogen) atoms. The predicted octanol–water partition coefficient (Wildman–Crippen LogP) is 4.00. The van der Waals surface area contributed by atoms with Gasteiger partial charge in [0.1, 0.15) is 0 Å². The molecule has 2 rings (SSSR count). The van der Waals surface area contributed by atoms with Crippen LogP contribution < -0.4 is 10.6 Å². The van der Waals surface area contributed by atoms with Crippen LogP contribution in [0.2, 0.25) is 0 Å². The lowest BCUT2D eigenvalue weighted by Gasteiger charge is -2.12. The van der Waals surface area contributed by atoms with Gasteiger partial charge in [0.2, 0.25) is 0 Å². The monoisotopic (exact) mass is 440 g/mol. The number of nitrogens with one attached hydrogen (secondary N) is 2. The number of hydrogen-bond donors (Lipinski definition) is 2. The van der Waals surface area contributed by atoms with Gasteiger partial charge < -0.3 is 10.6 Å². The van der Waals surface area contributed by atoms with E-state index in [0.717, 1.165) is 44.0 Å². The van der Waals surface area contributed by atoms with E-state index in [9.17, 15) is 0 Å². The molecule has 0 radical (unpaired) electrons. The van der Waals surface area contributed by atoms with Gasteiger partial charge in [-0.2, -0.15) is 0 Å². The van der Waals surface area contributed by atoms with Crippen molar-refractivity contribution in [2.24, 2.45) is 10.9 Å². The summed E-state index contributed by atoms with van der Waals surface area (Å²) >= 11 is 0. The molecule has 0 amide bonds. The fourth-order valence-corrected chi connectivity index (χ4v) is 2.46. The summed E-state index contributed by atoms with van der Waals surface area (Å²) in [5, 5.41) is 7.92. The Hall–Kier alpha value is -1.37. The van der Waals surface area contributed by atoms with Crippen molar-refractivity contribution in [1.82, 2.24) is 15.6 Å². The van der Waals surface area contributed by atoms with Crippen LogP contribution in [0.1, 0.15) is 32.8 Å². The van der Waals surface area contributed by atoms with E-state index >= 15 is 0 Å². The molecule has 5 heteroatoms. The smallest absolute Gasteiger partial charge is 0.191 e. The third-order valence-corrected chi connectivity index (χ3v) is 3.72. The maximum Gasteiger partial charge on any atom is 0.191 e. The normalized spacial score (nSPS) is 11.4. The summed E-state index contributed by atoms with van der Waals surface area (Å²) in [6.45, 7) is 9.14. The first-order valence-corrected chi connectivity index (χ1v) is 8.55. The largest absolute Gasteiger partial charge is 0.357 e. The van der Waals surface area contributed by atoms with E-state index in [2.05, 4.69) is 65.6 Å².